The summed E-state index contributed by atoms with van der Waals surface area (Å²) in [6.45, 7) is 4.26. The standard InChI is InChI=1S/C22H23ClN4O3S/c1-14(2)15-3-5-16(6-4-15)22-24-21(30-27-22)12-11-19(28)25-26-20(29)13-31-18-9-7-17(23)8-10-18/h3-10,14H,11-13H2,1-2H3,(H,25,28)(H,26,29). The molecule has 31 heavy (non-hydrogen) atoms. The van der Waals surface area contributed by atoms with Crippen molar-refractivity contribution >= 4 is 35.2 Å². The van der Waals surface area contributed by atoms with E-state index in [4.69, 9.17) is 16.1 Å². The predicted molar refractivity (Wildman–Crippen MR) is 121 cm³/mol. The van der Waals surface area contributed by atoms with Crippen LogP contribution in [0.3, 0.4) is 0 Å². The van der Waals surface area contributed by atoms with Crippen molar-refractivity contribution in [2.24, 2.45) is 0 Å². The number of aromatic nitrogens is 2. The van der Waals surface area contributed by atoms with Crippen molar-refractivity contribution in [3.63, 3.8) is 0 Å². The normalized spacial score (nSPS) is 10.8. The number of benzene rings is 2. The highest BCUT2D eigenvalue weighted by Crippen LogP contribution is 2.21. The first-order valence-electron chi connectivity index (χ1n) is 9.79. The summed E-state index contributed by atoms with van der Waals surface area (Å²) in [5.74, 6) is 0.819. The Morgan fingerprint density at radius 2 is 1.71 bits per heavy atom. The molecule has 162 valence electrons. The van der Waals surface area contributed by atoms with Gasteiger partial charge in [0.2, 0.25) is 23.5 Å². The molecule has 0 aliphatic rings. The van der Waals surface area contributed by atoms with Gasteiger partial charge in [0.15, 0.2) is 0 Å². The fourth-order valence-corrected chi connectivity index (χ4v) is 3.45. The maximum atomic E-state index is 12.0. The monoisotopic (exact) mass is 458 g/mol. The summed E-state index contributed by atoms with van der Waals surface area (Å²) >= 11 is 7.18. The second kappa shape index (κ2) is 11.0. The summed E-state index contributed by atoms with van der Waals surface area (Å²) in [6, 6.07) is 15.2. The molecule has 3 aromatic rings. The molecule has 0 aliphatic carbocycles. The van der Waals surface area contributed by atoms with E-state index >= 15 is 0 Å². The predicted octanol–water partition coefficient (Wildman–Crippen LogP) is 4.39. The summed E-state index contributed by atoms with van der Waals surface area (Å²) in [5.41, 5.74) is 6.87. The van der Waals surface area contributed by atoms with Gasteiger partial charge in [0.25, 0.3) is 0 Å². The summed E-state index contributed by atoms with van der Waals surface area (Å²) in [4.78, 5) is 29.1. The van der Waals surface area contributed by atoms with Crippen LogP contribution in [0.25, 0.3) is 11.4 Å². The molecule has 2 aromatic carbocycles. The number of hydrogen-bond acceptors (Lipinski definition) is 6. The molecule has 0 unspecified atom stereocenters. The molecular weight excluding hydrogens is 436 g/mol. The Hall–Kier alpha value is -2.84. The van der Waals surface area contributed by atoms with Crippen molar-refractivity contribution < 1.29 is 14.1 Å². The van der Waals surface area contributed by atoms with Crippen LogP contribution < -0.4 is 10.9 Å². The first-order valence-corrected chi connectivity index (χ1v) is 11.2. The van der Waals surface area contributed by atoms with Crippen LogP contribution >= 0.6 is 23.4 Å². The van der Waals surface area contributed by atoms with Crippen LogP contribution in [-0.4, -0.2) is 27.7 Å². The second-order valence-corrected chi connectivity index (χ2v) is 8.61. The third-order valence-corrected chi connectivity index (χ3v) is 5.66. The maximum absolute atomic E-state index is 12.0. The van der Waals surface area contributed by atoms with Gasteiger partial charge in [-0.15, -0.1) is 11.8 Å². The second-order valence-electron chi connectivity index (χ2n) is 7.13. The molecule has 2 amide bonds. The average molecular weight is 459 g/mol. The van der Waals surface area contributed by atoms with Gasteiger partial charge in [-0.05, 0) is 35.7 Å². The SMILES string of the molecule is CC(C)c1ccc(-c2noc(CCC(=O)NNC(=O)CSc3ccc(Cl)cc3)n2)cc1. The van der Waals surface area contributed by atoms with E-state index in [1.165, 1.54) is 17.3 Å². The summed E-state index contributed by atoms with van der Waals surface area (Å²) in [5, 5.41) is 4.61. The van der Waals surface area contributed by atoms with Gasteiger partial charge >= 0.3 is 0 Å². The third-order valence-electron chi connectivity index (χ3n) is 4.39. The summed E-state index contributed by atoms with van der Waals surface area (Å²) < 4.78 is 5.23. The number of nitrogens with zero attached hydrogens (tertiary/aromatic N) is 2. The van der Waals surface area contributed by atoms with Crippen molar-refractivity contribution in [3.8, 4) is 11.4 Å². The first-order chi connectivity index (χ1) is 14.9. The Bertz CT molecular complexity index is 1020. The molecule has 0 bridgehead atoms. The Balaban J connectivity index is 1.39. The van der Waals surface area contributed by atoms with Gasteiger partial charge in [-0.2, -0.15) is 4.98 Å². The van der Waals surface area contributed by atoms with Crippen LogP contribution in [0.2, 0.25) is 5.02 Å². The minimum atomic E-state index is -0.342. The van der Waals surface area contributed by atoms with E-state index in [2.05, 4.69) is 34.8 Å². The lowest BCUT2D eigenvalue weighted by Gasteiger charge is -2.06. The molecule has 7 nitrogen and oxygen atoms in total. The highest BCUT2D eigenvalue weighted by Gasteiger charge is 2.12. The molecule has 0 fully saturated rings. The molecule has 0 spiro atoms. The third kappa shape index (κ3) is 7.11. The smallest absolute Gasteiger partial charge is 0.248 e. The van der Waals surface area contributed by atoms with E-state index in [0.29, 0.717) is 22.7 Å². The highest BCUT2D eigenvalue weighted by molar-refractivity contribution is 8.00. The number of nitrogens with one attached hydrogen (secondary N) is 2. The zero-order chi connectivity index (χ0) is 22.2. The summed E-state index contributed by atoms with van der Waals surface area (Å²) in [7, 11) is 0. The van der Waals surface area contributed by atoms with Crippen LogP contribution in [-0.2, 0) is 16.0 Å². The fraction of sp³-hybridized carbons (Fsp3) is 0.273. The van der Waals surface area contributed by atoms with Gasteiger partial charge < -0.3 is 4.52 Å². The number of carbonyl (C=O) groups is 2. The van der Waals surface area contributed by atoms with Crippen molar-refractivity contribution in [1.29, 1.82) is 0 Å². The molecule has 1 aromatic heterocycles. The van der Waals surface area contributed by atoms with E-state index < -0.39 is 0 Å². The van der Waals surface area contributed by atoms with Crippen molar-refractivity contribution in [2.45, 2.75) is 37.5 Å². The Morgan fingerprint density at radius 1 is 1.03 bits per heavy atom. The van der Waals surface area contributed by atoms with Crippen LogP contribution in [0.15, 0.2) is 57.9 Å². The first kappa shape index (κ1) is 22.8. The molecule has 0 atom stereocenters. The van der Waals surface area contributed by atoms with Crippen molar-refractivity contribution in [3.05, 3.63) is 65.0 Å². The molecule has 1 heterocycles. The number of thioether (sulfide) groups is 1. The number of hydrazine groups is 1. The van der Waals surface area contributed by atoms with Crippen molar-refractivity contribution in [2.75, 3.05) is 5.75 Å². The zero-order valence-electron chi connectivity index (χ0n) is 17.2. The fourth-order valence-electron chi connectivity index (χ4n) is 2.63. The average Bonchev–Trinajstić information content (AvgIpc) is 3.25. The molecule has 0 aliphatic heterocycles. The molecule has 0 radical (unpaired) electrons. The van der Waals surface area contributed by atoms with E-state index in [1.54, 1.807) is 12.1 Å². The minimum Gasteiger partial charge on any atom is -0.339 e. The molecule has 0 saturated heterocycles. The number of amides is 2. The lowest BCUT2D eigenvalue weighted by Crippen LogP contribution is -2.42. The minimum absolute atomic E-state index is 0.110. The Morgan fingerprint density at radius 3 is 2.39 bits per heavy atom. The number of carbonyl (C=O) groups excluding carboxylic acids is 2. The van der Waals surface area contributed by atoms with Crippen LogP contribution in [0.1, 0.15) is 37.6 Å². The van der Waals surface area contributed by atoms with Gasteiger partial charge in [-0.1, -0.05) is 54.9 Å². The van der Waals surface area contributed by atoms with Gasteiger partial charge in [-0.3, -0.25) is 20.4 Å². The van der Waals surface area contributed by atoms with Crippen molar-refractivity contribution in [1.82, 2.24) is 21.0 Å². The number of hydrogen-bond donors (Lipinski definition) is 2. The lowest BCUT2D eigenvalue weighted by atomic mass is 10.0. The molecule has 0 saturated carbocycles. The van der Waals surface area contributed by atoms with E-state index in [-0.39, 0.29) is 30.4 Å². The lowest BCUT2D eigenvalue weighted by molar-refractivity contribution is -0.127. The molecule has 3 rings (SSSR count). The van der Waals surface area contributed by atoms with Crippen LogP contribution in [0.4, 0.5) is 0 Å². The van der Waals surface area contributed by atoms with Crippen LogP contribution in [0.5, 0.6) is 0 Å². The Labute approximate surface area is 189 Å². The van der Waals surface area contributed by atoms with E-state index in [1.807, 2.05) is 36.4 Å². The van der Waals surface area contributed by atoms with Gasteiger partial charge in [-0.25, -0.2) is 0 Å². The van der Waals surface area contributed by atoms with Gasteiger partial charge in [0.1, 0.15) is 0 Å². The quantitative estimate of drug-likeness (QED) is 0.384. The zero-order valence-corrected chi connectivity index (χ0v) is 18.8. The van der Waals surface area contributed by atoms with E-state index in [9.17, 15) is 9.59 Å². The Kier molecular flexibility index (Phi) is 8.08. The number of rotatable bonds is 8. The number of aryl methyl sites for hydroxylation is 1. The van der Waals surface area contributed by atoms with Gasteiger partial charge in [0.05, 0.1) is 5.75 Å². The molecule has 9 heteroatoms. The van der Waals surface area contributed by atoms with E-state index in [0.717, 1.165) is 10.5 Å². The summed E-state index contributed by atoms with van der Waals surface area (Å²) in [6.07, 6.45) is 0.386. The van der Waals surface area contributed by atoms with Gasteiger partial charge in [0, 0.05) is 28.3 Å². The highest BCUT2D eigenvalue weighted by atomic mass is 35.5. The van der Waals surface area contributed by atoms with Crippen LogP contribution in [0, 0.1) is 0 Å². The molecular formula is C22H23ClN4O3S. The topological polar surface area (TPSA) is 97.1 Å². The molecule has 2 N–H and O–H groups in total. The number of halogens is 1. The largest absolute Gasteiger partial charge is 0.339 e. The maximum Gasteiger partial charge on any atom is 0.248 e.